The summed E-state index contributed by atoms with van der Waals surface area (Å²) < 4.78 is 5.49. The van der Waals surface area contributed by atoms with Crippen molar-refractivity contribution in [2.75, 3.05) is 7.11 Å². The van der Waals surface area contributed by atoms with E-state index >= 15 is 0 Å². The SMILES string of the molecule is COC(=O)C(C)C(=O)Cc1ccc(Br)cc1. The molecular weight excluding hydrogens is 272 g/mol. The molecule has 0 aliphatic rings. The Morgan fingerprint density at radius 3 is 2.38 bits per heavy atom. The minimum Gasteiger partial charge on any atom is -0.468 e. The molecule has 0 fully saturated rings. The molecule has 0 amide bonds. The summed E-state index contributed by atoms with van der Waals surface area (Å²) in [6.45, 7) is 1.56. The molecule has 0 saturated heterocycles. The first-order chi connectivity index (χ1) is 7.54. The van der Waals surface area contributed by atoms with Gasteiger partial charge >= 0.3 is 5.97 Å². The number of methoxy groups -OCH3 is 1. The number of ketones is 1. The van der Waals surface area contributed by atoms with Crippen LogP contribution in [-0.4, -0.2) is 18.9 Å². The average molecular weight is 285 g/mol. The molecule has 86 valence electrons. The van der Waals surface area contributed by atoms with E-state index in [0.717, 1.165) is 10.0 Å². The molecule has 0 aromatic heterocycles. The fourth-order valence-electron chi connectivity index (χ4n) is 1.26. The molecule has 1 aromatic rings. The summed E-state index contributed by atoms with van der Waals surface area (Å²) in [7, 11) is 1.28. The number of carbonyl (C=O) groups is 2. The van der Waals surface area contributed by atoms with Gasteiger partial charge in [0.2, 0.25) is 0 Å². The average Bonchev–Trinajstić information content (AvgIpc) is 2.30. The molecule has 1 unspecified atom stereocenters. The molecule has 16 heavy (non-hydrogen) atoms. The van der Waals surface area contributed by atoms with Crippen molar-refractivity contribution in [2.24, 2.45) is 5.92 Å². The van der Waals surface area contributed by atoms with Crippen molar-refractivity contribution in [3.8, 4) is 0 Å². The van der Waals surface area contributed by atoms with Gasteiger partial charge in [-0.15, -0.1) is 0 Å². The fourth-order valence-corrected chi connectivity index (χ4v) is 1.53. The van der Waals surface area contributed by atoms with Crippen LogP contribution in [0, 0.1) is 5.92 Å². The lowest BCUT2D eigenvalue weighted by Gasteiger charge is -2.07. The van der Waals surface area contributed by atoms with Gasteiger partial charge in [0.1, 0.15) is 5.92 Å². The van der Waals surface area contributed by atoms with E-state index in [-0.39, 0.29) is 12.2 Å². The molecule has 0 spiro atoms. The number of benzene rings is 1. The van der Waals surface area contributed by atoms with Crippen LogP contribution in [0.1, 0.15) is 12.5 Å². The van der Waals surface area contributed by atoms with Gasteiger partial charge in [0.05, 0.1) is 7.11 Å². The number of halogens is 1. The molecule has 0 aliphatic heterocycles. The van der Waals surface area contributed by atoms with E-state index in [1.54, 1.807) is 6.92 Å². The zero-order chi connectivity index (χ0) is 12.1. The van der Waals surface area contributed by atoms with Crippen molar-refractivity contribution in [3.63, 3.8) is 0 Å². The van der Waals surface area contributed by atoms with Gasteiger partial charge < -0.3 is 4.74 Å². The first-order valence-corrected chi connectivity index (χ1v) is 5.69. The van der Waals surface area contributed by atoms with Gasteiger partial charge in [-0.3, -0.25) is 9.59 Å². The van der Waals surface area contributed by atoms with Crippen molar-refractivity contribution >= 4 is 27.7 Å². The van der Waals surface area contributed by atoms with Crippen molar-refractivity contribution in [1.29, 1.82) is 0 Å². The Labute approximate surface area is 103 Å². The zero-order valence-corrected chi connectivity index (χ0v) is 10.8. The predicted octanol–water partition coefficient (Wildman–Crippen LogP) is 2.37. The molecule has 1 aromatic carbocycles. The van der Waals surface area contributed by atoms with E-state index in [1.807, 2.05) is 24.3 Å². The molecule has 1 rings (SSSR count). The van der Waals surface area contributed by atoms with Crippen LogP contribution >= 0.6 is 15.9 Å². The van der Waals surface area contributed by atoms with E-state index in [1.165, 1.54) is 7.11 Å². The fraction of sp³-hybridized carbons (Fsp3) is 0.333. The van der Waals surface area contributed by atoms with Crippen molar-refractivity contribution in [3.05, 3.63) is 34.3 Å². The van der Waals surface area contributed by atoms with Crippen LogP contribution in [0.15, 0.2) is 28.7 Å². The lowest BCUT2D eigenvalue weighted by Crippen LogP contribution is -2.23. The molecule has 4 heteroatoms. The topological polar surface area (TPSA) is 43.4 Å². The Balaban J connectivity index is 2.64. The highest BCUT2D eigenvalue weighted by Gasteiger charge is 2.21. The summed E-state index contributed by atoms with van der Waals surface area (Å²) in [4.78, 5) is 22.8. The minimum atomic E-state index is -0.700. The van der Waals surface area contributed by atoms with Crippen LogP contribution in [0.2, 0.25) is 0 Å². The molecule has 1 atom stereocenters. The number of esters is 1. The Morgan fingerprint density at radius 2 is 1.88 bits per heavy atom. The Hall–Kier alpha value is -1.16. The standard InChI is InChI=1S/C12H13BrO3/c1-8(12(15)16-2)11(14)7-9-3-5-10(13)6-4-9/h3-6,8H,7H2,1-2H3. The van der Waals surface area contributed by atoms with Crippen LogP contribution in [0.25, 0.3) is 0 Å². The highest BCUT2D eigenvalue weighted by atomic mass is 79.9. The first kappa shape index (κ1) is 12.9. The maximum Gasteiger partial charge on any atom is 0.315 e. The third kappa shape index (κ3) is 3.45. The van der Waals surface area contributed by atoms with Gasteiger partial charge in [-0.2, -0.15) is 0 Å². The third-order valence-electron chi connectivity index (χ3n) is 2.33. The number of rotatable bonds is 4. The summed E-state index contributed by atoms with van der Waals surface area (Å²) in [6.07, 6.45) is 0.254. The van der Waals surface area contributed by atoms with Gasteiger partial charge in [-0.25, -0.2) is 0 Å². The second kappa shape index (κ2) is 5.80. The van der Waals surface area contributed by atoms with E-state index in [9.17, 15) is 9.59 Å². The summed E-state index contributed by atoms with van der Waals surface area (Å²) in [5.74, 6) is -1.31. The summed E-state index contributed by atoms with van der Waals surface area (Å²) in [6, 6.07) is 7.44. The lowest BCUT2D eigenvalue weighted by molar-refractivity contribution is -0.148. The molecule has 0 N–H and O–H groups in total. The number of carbonyl (C=O) groups excluding carboxylic acids is 2. The van der Waals surface area contributed by atoms with Crippen molar-refractivity contribution in [1.82, 2.24) is 0 Å². The van der Waals surface area contributed by atoms with E-state index in [2.05, 4.69) is 20.7 Å². The molecule has 0 aliphatic carbocycles. The van der Waals surface area contributed by atoms with E-state index < -0.39 is 11.9 Å². The molecule has 0 heterocycles. The first-order valence-electron chi connectivity index (χ1n) is 4.89. The highest BCUT2D eigenvalue weighted by Crippen LogP contribution is 2.13. The highest BCUT2D eigenvalue weighted by molar-refractivity contribution is 9.10. The van der Waals surface area contributed by atoms with Gasteiger partial charge in [0.15, 0.2) is 5.78 Å². The second-order valence-electron chi connectivity index (χ2n) is 3.51. The number of hydrogen-bond acceptors (Lipinski definition) is 3. The van der Waals surface area contributed by atoms with Crippen molar-refractivity contribution in [2.45, 2.75) is 13.3 Å². The monoisotopic (exact) mass is 284 g/mol. The molecule has 3 nitrogen and oxygen atoms in total. The van der Waals surface area contributed by atoms with Gasteiger partial charge in [-0.1, -0.05) is 28.1 Å². The van der Waals surface area contributed by atoms with Gasteiger partial charge in [0.25, 0.3) is 0 Å². The lowest BCUT2D eigenvalue weighted by atomic mass is 10.00. The Kier molecular flexibility index (Phi) is 4.68. The van der Waals surface area contributed by atoms with Gasteiger partial charge in [-0.05, 0) is 24.6 Å². The maximum atomic E-state index is 11.7. The summed E-state index contributed by atoms with van der Waals surface area (Å²) >= 11 is 3.32. The van der Waals surface area contributed by atoms with Gasteiger partial charge in [0, 0.05) is 10.9 Å². The smallest absolute Gasteiger partial charge is 0.315 e. The van der Waals surface area contributed by atoms with Crippen LogP contribution in [-0.2, 0) is 20.7 Å². The third-order valence-corrected chi connectivity index (χ3v) is 2.86. The Bertz CT molecular complexity index is 384. The normalized spacial score (nSPS) is 11.9. The van der Waals surface area contributed by atoms with Crippen LogP contribution < -0.4 is 0 Å². The molecular formula is C12H13BrO3. The van der Waals surface area contributed by atoms with E-state index in [4.69, 9.17) is 0 Å². The van der Waals surface area contributed by atoms with Crippen LogP contribution in [0.5, 0.6) is 0 Å². The number of Topliss-reactive ketones (excluding diaryl/α,β-unsaturated/α-hetero) is 1. The molecule has 0 bridgehead atoms. The summed E-state index contributed by atoms with van der Waals surface area (Å²) in [5, 5.41) is 0. The maximum absolute atomic E-state index is 11.7. The quantitative estimate of drug-likeness (QED) is 0.630. The predicted molar refractivity (Wildman–Crippen MR) is 64.0 cm³/mol. The second-order valence-corrected chi connectivity index (χ2v) is 4.43. The van der Waals surface area contributed by atoms with Crippen molar-refractivity contribution < 1.29 is 14.3 Å². The summed E-state index contributed by atoms with van der Waals surface area (Å²) in [5.41, 5.74) is 0.893. The number of hydrogen-bond donors (Lipinski definition) is 0. The van der Waals surface area contributed by atoms with Crippen LogP contribution in [0.4, 0.5) is 0 Å². The zero-order valence-electron chi connectivity index (χ0n) is 9.20. The van der Waals surface area contributed by atoms with E-state index in [0.29, 0.717) is 0 Å². The minimum absolute atomic E-state index is 0.130. The molecule has 0 radical (unpaired) electrons. The largest absolute Gasteiger partial charge is 0.468 e. The number of ether oxygens (including phenoxy) is 1. The Morgan fingerprint density at radius 1 is 1.31 bits per heavy atom. The molecule has 0 saturated carbocycles. The van der Waals surface area contributed by atoms with Crippen LogP contribution in [0.3, 0.4) is 0 Å².